The first-order chi connectivity index (χ1) is 11.8. The lowest BCUT2D eigenvalue weighted by Crippen LogP contribution is -2.18. The molecule has 0 aliphatic heterocycles. The lowest BCUT2D eigenvalue weighted by atomic mass is 10.0. The molecule has 0 bridgehead atoms. The van der Waals surface area contributed by atoms with Crippen LogP contribution < -0.4 is 5.32 Å². The molecule has 128 valence electrons. The number of nitrogens with one attached hydrogen (secondary N) is 1. The lowest BCUT2D eigenvalue weighted by molar-refractivity contribution is 0.618. The minimum atomic E-state index is 0. The van der Waals surface area contributed by atoms with Crippen molar-refractivity contribution in [2.45, 2.75) is 13.0 Å². The topological polar surface area (TPSA) is 12.0 Å². The molecule has 2 heteroatoms. The normalized spacial score (nSPS) is 11.9. The van der Waals surface area contributed by atoms with Crippen molar-refractivity contribution < 1.29 is 0 Å². The van der Waals surface area contributed by atoms with E-state index >= 15 is 0 Å². The Bertz CT molecular complexity index is 764. The Morgan fingerprint density at radius 2 is 1.32 bits per heavy atom. The first-order valence-electron chi connectivity index (χ1n) is 8.43. The maximum atomic E-state index is 3.52. The Labute approximate surface area is 156 Å². The molecular formula is C23H24ClN. The summed E-state index contributed by atoms with van der Waals surface area (Å²) in [7, 11) is 0. The number of hydrogen-bond acceptors (Lipinski definition) is 1. The summed E-state index contributed by atoms with van der Waals surface area (Å²) in [5, 5.41) is 3.52. The van der Waals surface area contributed by atoms with Gasteiger partial charge in [-0.15, -0.1) is 12.4 Å². The predicted molar refractivity (Wildman–Crippen MR) is 111 cm³/mol. The van der Waals surface area contributed by atoms with Crippen LogP contribution in [-0.2, 0) is 0 Å². The minimum absolute atomic E-state index is 0. The zero-order chi connectivity index (χ0) is 16.6. The monoisotopic (exact) mass is 349 g/mol. The van der Waals surface area contributed by atoms with Crippen LogP contribution in [0.25, 0.3) is 17.2 Å². The van der Waals surface area contributed by atoms with Gasteiger partial charge in [0.1, 0.15) is 0 Å². The summed E-state index contributed by atoms with van der Waals surface area (Å²) in [5.41, 5.74) is 5.05. The maximum absolute atomic E-state index is 3.52. The summed E-state index contributed by atoms with van der Waals surface area (Å²) in [6, 6.07) is 30.0. The smallest absolute Gasteiger partial charge is 0.0294 e. The summed E-state index contributed by atoms with van der Waals surface area (Å²) >= 11 is 0. The molecule has 3 rings (SSSR count). The van der Waals surface area contributed by atoms with Gasteiger partial charge in [-0.25, -0.2) is 0 Å². The second kappa shape index (κ2) is 9.83. The first kappa shape index (κ1) is 19.0. The highest BCUT2D eigenvalue weighted by Crippen LogP contribution is 2.19. The fraction of sp³-hybridized carbons (Fsp3) is 0.130. The summed E-state index contributed by atoms with van der Waals surface area (Å²) in [5.74, 6) is 0. The van der Waals surface area contributed by atoms with Crippen molar-refractivity contribution in [2.24, 2.45) is 0 Å². The molecule has 0 aliphatic carbocycles. The van der Waals surface area contributed by atoms with E-state index in [1.807, 2.05) is 6.07 Å². The minimum Gasteiger partial charge on any atom is -0.307 e. The highest BCUT2D eigenvalue weighted by Gasteiger charge is 2.01. The van der Waals surface area contributed by atoms with Gasteiger partial charge in [-0.3, -0.25) is 0 Å². The second-order valence-electron chi connectivity index (χ2n) is 5.93. The molecule has 0 spiro atoms. The molecule has 0 saturated heterocycles. The van der Waals surface area contributed by atoms with Crippen molar-refractivity contribution >= 4 is 18.5 Å². The van der Waals surface area contributed by atoms with Crippen LogP contribution in [0.5, 0.6) is 0 Å². The fourth-order valence-electron chi connectivity index (χ4n) is 2.72. The van der Waals surface area contributed by atoms with Gasteiger partial charge in [-0.05, 0) is 29.2 Å². The quantitative estimate of drug-likeness (QED) is 0.563. The molecule has 1 unspecified atom stereocenters. The Hall–Kier alpha value is -2.35. The third-order valence-corrected chi connectivity index (χ3v) is 4.17. The van der Waals surface area contributed by atoms with Crippen LogP contribution in [0.4, 0.5) is 0 Å². The zero-order valence-electron chi connectivity index (χ0n) is 14.4. The Morgan fingerprint density at radius 3 is 1.96 bits per heavy atom. The van der Waals surface area contributed by atoms with E-state index in [1.54, 1.807) is 0 Å². The van der Waals surface area contributed by atoms with Crippen LogP contribution in [0.15, 0.2) is 91.0 Å². The molecule has 0 aliphatic rings. The summed E-state index contributed by atoms with van der Waals surface area (Å²) < 4.78 is 0. The van der Waals surface area contributed by atoms with Crippen molar-refractivity contribution in [3.63, 3.8) is 0 Å². The number of halogens is 1. The summed E-state index contributed by atoms with van der Waals surface area (Å²) in [6.45, 7) is 3.05. The van der Waals surface area contributed by atoms with Gasteiger partial charge < -0.3 is 5.32 Å². The Balaban J connectivity index is 0.00000225. The van der Waals surface area contributed by atoms with Gasteiger partial charge in [-0.1, -0.05) is 97.1 Å². The van der Waals surface area contributed by atoms with Crippen LogP contribution in [0.1, 0.15) is 24.1 Å². The van der Waals surface area contributed by atoms with E-state index in [2.05, 4.69) is 103 Å². The van der Waals surface area contributed by atoms with Gasteiger partial charge in [0.05, 0.1) is 0 Å². The van der Waals surface area contributed by atoms with Crippen molar-refractivity contribution in [1.82, 2.24) is 5.32 Å². The highest BCUT2D eigenvalue weighted by atomic mass is 35.5. The first-order valence-corrected chi connectivity index (χ1v) is 8.43. The largest absolute Gasteiger partial charge is 0.307 e. The molecule has 3 aromatic rings. The van der Waals surface area contributed by atoms with E-state index in [0.717, 1.165) is 6.54 Å². The van der Waals surface area contributed by atoms with Crippen LogP contribution in [-0.4, -0.2) is 6.54 Å². The van der Waals surface area contributed by atoms with Crippen LogP contribution in [0.2, 0.25) is 0 Å². The third-order valence-electron chi connectivity index (χ3n) is 4.17. The van der Waals surface area contributed by atoms with Crippen LogP contribution >= 0.6 is 12.4 Å². The lowest BCUT2D eigenvalue weighted by Gasteiger charge is -2.12. The maximum Gasteiger partial charge on any atom is 0.0294 e. The molecule has 1 atom stereocenters. The zero-order valence-corrected chi connectivity index (χ0v) is 15.2. The molecule has 1 nitrogen and oxygen atoms in total. The van der Waals surface area contributed by atoms with Gasteiger partial charge in [0.25, 0.3) is 0 Å². The van der Waals surface area contributed by atoms with E-state index in [9.17, 15) is 0 Å². The van der Waals surface area contributed by atoms with Gasteiger partial charge in [0.2, 0.25) is 0 Å². The van der Waals surface area contributed by atoms with Crippen molar-refractivity contribution in [1.29, 1.82) is 0 Å². The molecule has 0 aromatic heterocycles. The van der Waals surface area contributed by atoms with E-state index in [-0.39, 0.29) is 12.4 Å². The standard InChI is InChI=1S/C23H23N.ClH/c1-19(21-10-4-2-5-11-21)24-18-8-9-20-14-16-23(17-15-20)22-12-6-3-7-13-22;/h2-17,19,24H,18H2,1H3;1H/b9-8+;. The Morgan fingerprint density at radius 1 is 0.760 bits per heavy atom. The molecule has 0 radical (unpaired) electrons. The van der Waals surface area contributed by atoms with Crippen LogP contribution in [0.3, 0.4) is 0 Å². The van der Waals surface area contributed by atoms with Gasteiger partial charge >= 0.3 is 0 Å². The summed E-state index contributed by atoms with van der Waals surface area (Å²) in [6.07, 6.45) is 4.34. The van der Waals surface area contributed by atoms with Crippen molar-refractivity contribution in [3.05, 3.63) is 102 Å². The summed E-state index contributed by atoms with van der Waals surface area (Å²) in [4.78, 5) is 0. The number of rotatable bonds is 6. The second-order valence-corrected chi connectivity index (χ2v) is 5.93. The van der Waals surface area contributed by atoms with Gasteiger partial charge in [0.15, 0.2) is 0 Å². The van der Waals surface area contributed by atoms with Crippen molar-refractivity contribution in [2.75, 3.05) is 6.54 Å². The predicted octanol–water partition coefficient (Wildman–Crippen LogP) is 6.14. The van der Waals surface area contributed by atoms with Gasteiger partial charge in [-0.2, -0.15) is 0 Å². The van der Waals surface area contributed by atoms with Gasteiger partial charge in [0, 0.05) is 12.6 Å². The molecule has 3 aromatic carbocycles. The number of benzene rings is 3. The molecule has 0 heterocycles. The van der Waals surface area contributed by atoms with E-state index < -0.39 is 0 Å². The molecule has 25 heavy (non-hydrogen) atoms. The average Bonchev–Trinajstić information content (AvgIpc) is 2.67. The molecule has 0 fully saturated rings. The Kier molecular flexibility index (Phi) is 7.46. The van der Waals surface area contributed by atoms with E-state index in [4.69, 9.17) is 0 Å². The molecule has 0 saturated carbocycles. The number of hydrogen-bond donors (Lipinski definition) is 1. The molecule has 1 N–H and O–H groups in total. The highest BCUT2D eigenvalue weighted by molar-refractivity contribution is 5.85. The molecule has 0 amide bonds. The van der Waals surface area contributed by atoms with Crippen molar-refractivity contribution in [3.8, 4) is 11.1 Å². The molecular weight excluding hydrogens is 326 g/mol. The SMILES string of the molecule is CC(NC/C=C/c1ccc(-c2ccccc2)cc1)c1ccccc1.Cl. The average molecular weight is 350 g/mol. The van der Waals surface area contributed by atoms with E-state index in [0.29, 0.717) is 6.04 Å². The van der Waals surface area contributed by atoms with Crippen LogP contribution in [0, 0.1) is 0 Å². The fourth-order valence-corrected chi connectivity index (χ4v) is 2.72. The third kappa shape index (κ3) is 5.60. The van der Waals surface area contributed by atoms with E-state index in [1.165, 1.54) is 22.3 Å².